The van der Waals surface area contributed by atoms with Gasteiger partial charge in [-0.05, 0) is 43.0 Å². The molecule has 0 saturated carbocycles. The molecule has 0 unspecified atom stereocenters. The second kappa shape index (κ2) is 7.99. The van der Waals surface area contributed by atoms with Crippen LogP contribution in [0.4, 0.5) is 4.79 Å². The Morgan fingerprint density at radius 3 is 2.46 bits per heavy atom. The molecule has 154 valence electrons. The Morgan fingerprint density at radius 2 is 1.82 bits per heavy atom. The van der Waals surface area contributed by atoms with E-state index in [2.05, 4.69) is 33.9 Å². The van der Waals surface area contributed by atoms with Crippen molar-refractivity contribution in [2.45, 2.75) is 89.4 Å². The summed E-state index contributed by atoms with van der Waals surface area (Å²) >= 11 is 0. The lowest BCUT2D eigenvalue weighted by Crippen LogP contribution is -2.63. The van der Waals surface area contributed by atoms with Crippen molar-refractivity contribution in [1.82, 2.24) is 4.90 Å². The molecule has 5 nitrogen and oxygen atoms in total. The predicted molar refractivity (Wildman–Crippen MR) is 112 cm³/mol. The van der Waals surface area contributed by atoms with E-state index in [1.807, 2.05) is 30.3 Å². The highest BCUT2D eigenvalue weighted by atomic mass is 28.4. The Balaban J connectivity index is 1.74. The number of carbonyl (C=O) groups excluding carboxylic acids is 2. The lowest BCUT2D eigenvalue weighted by atomic mass is 9.82. The zero-order valence-electron chi connectivity index (χ0n) is 17.7. The molecule has 6 heteroatoms. The smallest absolute Gasteiger partial charge is 0.411 e. The third-order valence-corrected chi connectivity index (χ3v) is 11.1. The molecule has 28 heavy (non-hydrogen) atoms. The third kappa shape index (κ3) is 4.33. The number of hydrogen-bond donors (Lipinski definition) is 0. The number of Topliss-reactive ketones (excluding diaryl/α,β-unsaturated/α-hetero) is 1. The van der Waals surface area contributed by atoms with Crippen LogP contribution in [-0.4, -0.2) is 43.3 Å². The first kappa shape index (κ1) is 21.1. The molecule has 3 atom stereocenters. The molecule has 2 bridgehead atoms. The number of ether oxygens (including phenoxy) is 1. The summed E-state index contributed by atoms with van der Waals surface area (Å²) in [6.45, 7) is 11.4. The molecule has 2 fully saturated rings. The number of piperidine rings is 2. The molecule has 0 aliphatic carbocycles. The van der Waals surface area contributed by atoms with Crippen LogP contribution in [0.5, 0.6) is 0 Å². The quantitative estimate of drug-likeness (QED) is 0.670. The molecule has 0 spiro atoms. The zero-order chi connectivity index (χ0) is 20.5. The van der Waals surface area contributed by atoms with E-state index < -0.39 is 14.4 Å². The predicted octanol–water partition coefficient (Wildman–Crippen LogP) is 4.91. The number of nitrogens with zero attached hydrogens (tertiary/aromatic N) is 1. The second-order valence-electron chi connectivity index (χ2n) is 9.53. The normalized spacial score (nSPS) is 25.5. The van der Waals surface area contributed by atoms with E-state index in [4.69, 9.17) is 9.16 Å². The lowest BCUT2D eigenvalue weighted by molar-refractivity contribution is -0.134. The van der Waals surface area contributed by atoms with Crippen molar-refractivity contribution < 1.29 is 18.8 Å². The Kier molecular flexibility index (Phi) is 6.01. The summed E-state index contributed by atoms with van der Waals surface area (Å²) in [7, 11) is -1.96. The molecule has 0 N–H and O–H groups in total. The molecule has 1 amide bonds. The first-order chi connectivity index (χ1) is 13.1. The summed E-state index contributed by atoms with van der Waals surface area (Å²) < 4.78 is 12.3. The van der Waals surface area contributed by atoms with E-state index >= 15 is 0 Å². The molecule has 2 saturated heterocycles. The van der Waals surface area contributed by atoms with Gasteiger partial charge in [-0.25, -0.2) is 4.79 Å². The van der Waals surface area contributed by atoms with Gasteiger partial charge in [-0.15, -0.1) is 0 Å². The zero-order valence-corrected chi connectivity index (χ0v) is 18.7. The van der Waals surface area contributed by atoms with Crippen molar-refractivity contribution in [3.8, 4) is 0 Å². The van der Waals surface area contributed by atoms with Crippen LogP contribution in [0.1, 0.15) is 52.0 Å². The van der Waals surface area contributed by atoms with E-state index in [0.29, 0.717) is 19.3 Å². The third-order valence-electron chi connectivity index (χ3n) is 6.57. The van der Waals surface area contributed by atoms with Gasteiger partial charge in [0.1, 0.15) is 6.61 Å². The Hall–Kier alpha value is -1.66. The first-order valence-corrected chi connectivity index (χ1v) is 13.2. The van der Waals surface area contributed by atoms with Crippen LogP contribution in [0, 0.1) is 0 Å². The molecule has 0 aromatic heterocycles. The molecular weight excluding hydrogens is 370 g/mol. The van der Waals surface area contributed by atoms with Crippen molar-refractivity contribution in [3.63, 3.8) is 0 Å². The minimum absolute atomic E-state index is 0.0190. The van der Waals surface area contributed by atoms with E-state index in [9.17, 15) is 9.59 Å². The highest BCUT2D eigenvalue weighted by Gasteiger charge is 2.50. The maximum Gasteiger partial charge on any atom is 0.411 e. The standard InChI is InChI=1S/C22H33NO4Si/c1-22(2,3)28(4,5)27-20-14-12-17-19(24)13-11-18(20)23(17)21(25)26-15-16-9-7-6-8-10-16/h6-10,17-18,20H,11-15H2,1-5H3/t17-,18-,20-/m1/s1. The molecular formula is C22H33NO4Si. The van der Waals surface area contributed by atoms with Crippen LogP contribution in [0.3, 0.4) is 0 Å². The summed E-state index contributed by atoms with van der Waals surface area (Å²) in [6, 6.07) is 9.20. The van der Waals surface area contributed by atoms with Crippen LogP contribution < -0.4 is 0 Å². The fraction of sp³-hybridized carbons (Fsp3) is 0.636. The average Bonchev–Trinajstić information content (AvgIpc) is 2.63. The Bertz CT molecular complexity index is 713. The highest BCUT2D eigenvalue weighted by molar-refractivity contribution is 6.74. The molecule has 3 rings (SSSR count). The maximum atomic E-state index is 12.9. The Morgan fingerprint density at radius 1 is 1.14 bits per heavy atom. The van der Waals surface area contributed by atoms with Crippen molar-refractivity contribution >= 4 is 20.2 Å². The monoisotopic (exact) mass is 403 g/mol. The van der Waals surface area contributed by atoms with Crippen LogP contribution in [0.25, 0.3) is 0 Å². The van der Waals surface area contributed by atoms with Crippen molar-refractivity contribution in [2.75, 3.05) is 0 Å². The van der Waals surface area contributed by atoms with Gasteiger partial charge in [0.2, 0.25) is 0 Å². The van der Waals surface area contributed by atoms with Gasteiger partial charge in [-0.2, -0.15) is 0 Å². The second-order valence-corrected chi connectivity index (χ2v) is 14.3. The maximum absolute atomic E-state index is 12.9. The van der Waals surface area contributed by atoms with E-state index in [0.717, 1.165) is 12.0 Å². The summed E-state index contributed by atoms with van der Waals surface area (Å²) in [5, 5.41) is 0.104. The van der Waals surface area contributed by atoms with Crippen LogP contribution in [0.2, 0.25) is 18.1 Å². The van der Waals surface area contributed by atoms with E-state index in [1.54, 1.807) is 4.90 Å². The average molecular weight is 404 g/mol. The van der Waals surface area contributed by atoms with E-state index in [-0.39, 0.29) is 35.6 Å². The highest BCUT2D eigenvalue weighted by Crippen LogP contribution is 2.41. The van der Waals surface area contributed by atoms with Gasteiger partial charge in [0.15, 0.2) is 14.1 Å². The van der Waals surface area contributed by atoms with E-state index in [1.165, 1.54) is 0 Å². The molecule has 2 heterocycles. The van der Waals surface area contributed by atoms with Crippen molar-refractivity contribution in [1.29, 1.82) is 0 Å². The minimum Gasteiger partial charge on any atom is -0.445 e. The fourth-order valence-corrected chi connectivity index (χ4v) is 5.30. The van der Waals surface area contributed by atoms with Gasteiger partial charge < -0.3 is 9.16 Å². The number of amides is 1. The molecule has 0 radical (unpaired) electrons. The van der Waals surface area contributed by atoms with Gasteiger partial charge in [0.05, 0.1) is 18.2 Å². The van der Waals surface area contributed by atoms with Gasteiger partial charge in [-0.3, -0.25) is 9.69 Å². The summed E-state index contributed by atoms with van der Waals surface area (Å²) in [5.74, 6) is 0.152. The largest absolute Gasteiger partial charge is 0.445 e. The van der Waals surface area contributed by atoms with Crippen LogP contribution in [-0.2, 0) is 20.6 Å². The number of hydrogen-bond acceptors (Lipinski definition) is 4. The fourth-order valence-electron chi connectivity index (χ4n) is 3.91. The number of benzene rings is 1. The summed E-state index contributed by atoms with van der Waals surface area (Å²) in [6.07, 6.45) is 2.26. The first-order valence-electron chi connectivity index (χ1n) is 10.3. The van der Waals surface area contributed by atoms with Gasteiger partial charge in [-0.1, -0.05) is 51.1 Å². The number of carbonyl (C=O) groups is 2. The molecule has 1 aromatic carbocycles. The number of fused-ring (bicyclic) bond motifs is 2. The molecule has 1 aromatic rings. The number of rotatable bonds is 4. The van der Waals surface area contributed by atoms with Gasteiger partial charge >= 0.3 is 6.09 Å². The Labute approximate surface area is 169 Å². The van der Waals surface area contributed by atoms with Gasteiger partial charge in [0.25, 0.3) is 0 Å². The topological polar surface area (TPSA) is 55.8 Å². The lowest BCUT2D eigenvalue weighted by Gasteiger charge is -2.51. The minimum atomic E-state index is -1.96. The van der Waals surface area contributed by atoms with Crippen molar-refractivity contribution in [2.24, 2.45) is 0 Å². The SMILES string of the molecule is CC(C)(C)[Si](C)(C)O[C@@H]1CC[C@@H]2C(=O)CC[C@H]1N2C(=O)OCc1ccccc1. The van der Waals surface area contributed by atoms with Gasteiger partial charge in [0, 0.05) is 6.42 Å². The van der Waals surface area contributed by atoms with Crippen LogP contribution >= 0.6 is 0 Å². The summed E-state index contributed by atoms with van der Waals surface area (Å²) in [4.78, 5) is 27.1. The summed E-state index contributed by atoms with van der Waals surface area (Å²) in [5.41, 5.74) is 0.943. The molecule has 2 aliphatic rings. The van der Waals surface area contributed by atoms with Crippen LogP contribution in [0.15, 0.2) is 30.3 Å². The van der Waals surface area contributed by atoms with Crippen molar-refractivity contribution in [3.05, 3.63) is 35.9 Å². The molecule has 2 aliphatic heterocycles. The number of ketones is 1.